The molecule has 0 saturated carbocycles. The number of benzene rings is 3. The predicted molar refractivity (Wildman–Crippen MR) is 174 cm³/mol. The highest BCUT2D eigenvalue weighted by molar-refractivity contribution is 6.21. The van der Waals surface area contributed by atoms with Gasteiger partial charge >= 0.3 is 12.4 Å². The van der Waals surface area contributed by atoms with Gasteiger partial charge in [0.1, 0.15) is 23.9 Å². The third kappa shape index (κ3) is 8.73. The third-order valence-electron chi connectivity index (χ3n) is 7.76. The van der Waals surface area contributed by atoms with Gasteiger partial charge in [-0.15, -0.1) is 0 Å². The van der Waals surface area contributed by atoms with Crippen LogP contribution in [0.2, 0.25) is 0 Å². The number of alkyl halides is 6. The molecule has 0 aliphatic carbocycles. The van der Waals surface area contributed by atoms with Gasteiger partial charge in [0.25, 0.3) is 11.8 Å². The zero-order valence-corrected chi connectivity index (χ0v) is 26.9. The molecule has 3 aromatic carbocycles. The molecule has 6 rings (SSSR count). The quantitative estimate of drug-likeness (QED) is 0.0880. The summed E-state index contributed by atoms with van der Waals surface area (Å²) in [6, 6.07) is 14.7. The molecule has 0 atom stereocenters. The topological polar surface area (TPSA) is 108 Å². The molecule has 268 valence electrons. The first-order valence-electron chi connectivity index (χ1n) is 15.6. The van der Waals surface area contributed by atoms with E-state index in [4.69, 9.17) is 18.3 Å². The summed E-state index contributed by atoms with van der Waals surface area (Å²) in [5.74, 6) is -0.654. The van der Waals surface area contributed by atoms with Crippen LogP contribution in [0.4, 0.5) is 26.3 Å². The highest BCUT2D eigenvalue weighted by Gasteiger charge is 2.40. The van der Waals surface area contributed by atoms with Crippen molar-refractivity contribution in [2.24, 2.45) is 0 Å². The van der Waals surface area contributed by atoms with E-state index >= 15 is 0 Å². The maximum Gasteiger partial charge on any atom is 0.416 e. The van der Waals surface area contributed by atoms with E-state index in [0.29, 0.717) is 22.5 Å². The third-order valence-corrected chi connectivity index (χ3v) is 7.76. The number of fused-ring (bicyclic) bond motifs is 1. The number of hydrogen-bond donors (Lipinski definition) is 0. The van der Waals surface area contributed by atoms with Crippen LogP contribution in [0.25, 0.3) is 24.3 Å². The van der Waals surface area contributed by atoms with E-state index in [1.807, 2.05) is 0 Å². The van der Waals surface area contributed by atoms with Crippen molar-refractivity contribution in [3.8, 4) is 0 Å². The lowest BCUT2D eigenvalue weighted by Crippen LogP contribution is -2.45. The van der Waals surface area contributed by atoms with E-state index in [1.54, 1.807) is 36.4 Å². The Bertz CT molecular complexity index is 1940. The zero-order chi connectivity index (χ0) is 36.9. The summed E-state index contributed by atoms with van der Waals surface area (Å²) in [7, 11) is 0. The molecule has 0 spiro atoms. The fourth-order valence-corrected chi connectivity index (χ4v) is 5.17. The van der Waals surface area contributed by atoms with Gasteiger partial charge in [0.2, 0.25) is 11.8 Å². The molecule has 0 N–H and O–H groups in total. The molecule has 1 aliphatic rings. The Labute approximate surface area is 291 Å². The molecule has 0 radical (unpaired) electrons. The van der Waals surface area contributed by atoms with Gasteiger partial charge in [0.05, 0.1) is 54.7 Å². The fraction of sp³-hybridized carbons (Fsp3) is 0.189. The first-order chi connectivity index (χ1) is 24.8. The summed E-state index contributed by atoms with van der Waals surface area (Å²) in [5.41, 5.74) is 0.750. The second-order valence-corrected chi connectivity index (χ2v) is 11.5. The van der Waals surface area contributed by atoms with Crippen LogP contribution in [-0.2, 0) is 35.0 Å². The number of carbonyl (C=O) groups excluding carboxylic acids is 2. The monoisotopic (exact) mass is 723 g/mol. The summed E-state index contributed by atoms with van der Waals surface area (Å²) in [6.07, 6.45) is -0.132. The summed E-state index contributed by atoms with van der Waals surface area (Å²) >= 11 is 0. The Hall–Kier alpha value is -5.80. The van der Waals surface area contributed by atoms with Crippen LogP contribution in [0.3, 0.4) is 0 Å². The maximum absolute atomic E-state index is 13.2. The summed E-state index contributed by atoms with van der Waals surface area (Å²) < 4.78 is 99.4. The fourth-order valence-electron chi connectivity index (χ4n) is 5.17. The lowest BCUT2D eigenvalue weighted by molar-refractivity contribution is -0.138. The molecule has 15 heteroatoms. The van der Waals surface area contributed by atoms with Crippen LogP contribution >= 0.6 is 0 Å². The molecular weight excluding hydrogens is 696 g/mol. The molecule has 0 saturated heterocycles. The SMILES string of the molecule is O=C1c2ccccc2C(=O)N1C(COCc1coc(/C=C/c2ccc(C(F)(F)F)cc2)n1)COCc1coc(/C=C/c2ccc(C(F)(F)F)cc2)n1. The van der Waals surface area contributed by atoms with Gasteiger partial charge in [0.15, 0.2) is 0 Å². The minimum atomic E-state index is -4.44. The highest BCUT2D eigenvalue weighted by Crippen LogP contribution is 2.30. The van der Waals surface area contributed by atoms with Crippen molar-refractivity contribution >= 4 is 36.1 Å². The van der Waals surface area contributed by atoms with Crippen molar-refractivity contribution in [1.82, 2.24) is 14.9 Å². The molecule has 2 amide bonds. The molecule has 2 aromatic heterocycles. The first-order valence-corrected chi connectivity index (χ1v) is 15.6. The van der Waals surface area contributed by atoms with Crippen molar-refractivity contribution in [3.63, 3.8) is 0 Å². The molecular formula is C37H27F6N3O6. The second-order valence-electron chi connectivity index (χ2n) is 11.5. The van der Waals surface area contributed by atoms with Gasteiger partial charge < -0.3 is 18.3 Å². The number of oxazole rings is 2. The van der Waals surface area contributed by atoms with Crippen molar-refractivity contribution in [1.29, 1.82) is 0 Å². The Balaban J connectivity index is 1.06. The molecule has 5 aromatic rings. The lowest BCUT2D eigenvalue weighted by Gasteiger charge is -2.25. The van der Waals surface area contributed by atoms with Crippen LogP contribution in [-0.4, -0.2) is 45.9 Å². The highest BCUT2D eigenvalue weighted by atomic mass is 19.4. The van der Waals surface area contributed by atoms with Crippen molar-refractivity contribution < 1.29 is 54.2 Å². The maximum atomic E-state index is 13.2. The number of aromatic nitrogens is 2. The smallest absolute Gasteiger partial charge is 0.416 e. The Kier molecular flexibility index (Phi) is 10.5. The number of hydrogen-bond acceptors (Lipinski definition) is 8. The Morgan fingerprint density at radius 3 is 1.40 bits per heavy atom. The first kappa shape index (κ1) is 36.0. The number of carbonyl (C=O) groups is 2. The van der Waals surface area contributed by atoms with Gasteiger partial charge in [-0.1, -0.05) is 36.4 Å². The number of rotatable bonds is 13. The van der Waals surface area contributed by atoms with Crippen LogP contribution in [0.5, 0.6) is 0 Å². The molecule has 52 heavy (non-hydrogen) atoms. The van der Waals surface area contributed by atoms with Gasteiger partial charge in [-0.3, -0.25) is 14.5 Å². The Morgan fingerprint density at radius 2 is 1.02 bits per heavy atom. The summed E-state index contributed by atoms with van der Waals surface area (Å²) in [6.45, 7) is -0.381. The zero-order valence-electron chi connectivity index (χ0n) is 26.9. The van der Waals surface area contributed by atoms with Crippen LogP contribution in [0.15, 0.2) is 94.2 Å². The number of amides is 2. The van der Waals surface area contributed by atoms with Crippen LogP contribution in [0, 0.1) is 0 Å². The number of ether oxygens (including phenoxy) is 2. The standard InChI is InChI=1S/C37H27F6N3O6/c38-36(39,40)25-11-5-23(6-12-25)9-15-32-44-27(19-51-32)17-49-21-29(46-34(47)30-3-1-2-4-31(30)35(46)48)22-50-18-28-20-52-33(45-28)16-10-24-7-13-26(14-8-24)37(41,42)43/h1-16,19-20,29H,17-18,21-22H2/b15-9+,16-10+. The van der Waals surface area contributed by atoms with E-state index < -0.39 is 41.3 Å². The Morgan fingerprint density at radius 1 is 0.615 bits per heavy atom. The van der Waals surface area contributed by atoms with Crippen LogP contribution < -0.4 is 0 Å². The largest absolute Gasteiger partial charge is 0.445 e. The summed E-state index contributed by atoms with van der Waals surface area (Å²) in [4.78, 5) is 36.1. The average molecular weight is 724 g/mol. The number of halogens is 6. The van der Waals surface area contributed by atoms with Crippen molar-refractivity contribution in [2.45, 2.75) is 31.6 Å². The van der Waals surface area contributed by atoms with Gasteiger partial charge in [-0.25, -0.2) is 9.97 Å². The van der Waals surface area contributed by atoms with E-state index in [2.05, 4.69) is 9.97 Å². The number of nitrogens with zero attached hydrogens (tertiary/aromatic N) is 3. The van der Waals surface area contributed by atoms with Gasteiger partial charge in [-0.05, 0) is 59.7 Å². The molecule has 3 heterocycles. The summed E-state index contributed by atoms with van der Waals surface area (Å²) in [5, 5.41) is 0. The molecule has 0 unspecified atom stereocenters. The van der Waals surface area contributed by atoms with E-state index in [0.717, 1.165) is 29.2 Å². The lowest BCUT2D eigenvalue weighted by atomic mass is 10.1. The van der Waals surface area contributed by atoms with Gasteiger partial charge in [0, 0.05) is 12.2 Å². The minimum absolute atomic E-state index is 0.0603. The molecule has 0 bridgehead atoms. The average Bonchev–Trinajstić information content (AvgIpc) is 3.84. The molecule has 0 fully saturated rings. The normalized spacial score (nSPS) is 13.7. The number of imide groups is 1. The minimum Gasteiger partial charge on any atom is -0.445 e. The molecule has 1 aliphatic heterocycles. The predicted octanol–water partition coefficient (Wildman–Crippen LogP) is 8.44. The van der Waals surface area contributed by atoms with Crippen molar-refractivity contribution in [2.75, 3.05) is 13.2 Å². The van der Waals surface area contributed by atoms with Gasteiger partial charge in [-0.2, -0.15) is 26.3 Å². The van der Waals surface area contributed by atoms with E-state index in [9.17, 15) is 35.9 Å². The molecule has 9 nitrogen and oxygen atoms in total. The van der Waals surface area contributed by atoms with Crippen LogP contribution in [0.1, 0.15) is 66.1 Å². The van der Waals surface area contributed by atoms with E-state index in [-0.39, 0.29) is 49.3 Å². The van der Waals surface area contributed by atoms with E-state index in [1.165, 1.54) is 48.9 Å². The second kappa shape index (κ2) is 15.2. The van der Waals surface area contributed by atoms with Crippen molar-refractivity contribution in [3.05, 3.63) is 142 Å².